The second kappa shape index (κ2) is 5.83. The normalized spacial score (nSPS) is 25.5. The molecule has 0 amide bonds. The molecule has 0 aliphatic carbocycles. The van der Waals surface area contributed by atoms with Gasteiger partial charge in [0, 0.05) is 13.2 Å². The molecule has 2 aliphatic heterocycles. The Bertz CT molecular complexity index is 255. The molecule has 2 fully saturated rings. The van der Waals surface area contributed by atoms with Crippen molar-refractivity contribution in [2.75, 3.05) is 32.9 Å². The van der Waals surface area contributed by atoms with Gasteiger partial charge in [0.05, 0.1) is 12.0 Å². The number of esters is 1. The van der Waals surface area contributed by atoms with Crippen LogP contribution >= 0.6 is 0 Å². The first-order valence-corrected chi connectivity index (χ1v) is 6.66. The summed E-state index contributed by atoms with van der Waals surface area (Å²) in [7, 11) is 0. The molecule has 17 heavy (non-hydrogen) atoms. The molecule has 2 heterocycles. The summed E-state index contributed by atoms with van der Waals surface area (Å²) in [5.74, 6) is 0.489. The van der Waals surface area contributed by atoms with Crippen LogP contribution in [0.4, 0.5) is 0 Å². The Hall–Kier alpha value is -0.610. The van der Waals surface area contributed by atoms with Gasteiger partial charge in [0.2, 0.25) is 0 Å². The van der Waals surface area contributed by atoms with Crippen molar-refractivity contribution in [1.29, 1.82) is 0 Å². The van der Waals surface area contributed by atoms with E-state index in [9.17, 15) is 4.79 Å². The Morgan fingerprint density at radius 2 is 2.00 bits per heavy atom. The van der Waals surface area contributed by atoms with Gasteiger partial charge in [0.25, 0.3) is 0 Å². The second-order valence-corrected chi connectivity index (χ2v) is 5.46. The van der Waals surface area contributed by atoms with Gasteiger partial charge in [-0.3, -0.25) is 4.79 Å². The SMILES string of the molecule is CC1(C(=O)OCC2CCOCC2)CCNCC1. The molecular weight excluding hydrogens is 218 g/mol. The molecule has 0 spiro atoms. The molecule has 0 aromatic rings. The van der Waals surface area contributed by atoms with Crippen molar-refractivity contribution in [3.8, 4) is 0 Å². The van der Waals surface area contributed by atoms with Crippen LogP contribution in [-0.4, -0.2) is 38.9 Å². The number of hydrogen-bond donors (Lipinski definition) is 1. The maximum absolute atomic E-state index is 12.1. The Morgan fingerprint density at radius 1 is 1.35 bits per heavy atom. The van der Waals surface area contributed by atoms with Crippen LogP contribution in [0.1, 0.15) is 32.6 Å². The quantitative estimate of drug-likeness (QED) is 0.758. The van der Waals surface area contributed by atoms with Gasteiger partial charge < -0.3 is 14.8 Å². The van der Waals surface area contributed by atoms with Crippen molar-refractivity contribution >= 4 is 5.97 Å². The van der Waals surface area contributed by atoms with E-state index < -0.39 is 0 Å². The Balaban J connectivity index is 1.75. The molecule has 4 heteroatoms. The summed E-state index contributed by atoms with van der Waals surface area (Å²) >= 11 is 0. The van der Waals surface area contributed by atoms with Gasteiger partial charge in [-0.2, -0.15) is 0 Å². The van der Waals surface area contributed by atoms with Gasteiger partial charge in [-0.1, -0.05) is 0 Å². The molecule has 2 aliphatic rings. The number of nitrogens with one attached hydrogen (secondary N) is 1. The van der Waals surface area contributed by atoms with Crippen molar-refractivity contribution in [2.24, 2.45) is 11.3 Å². The van der Waals surface area contributed by atoms with Gasteiger partial charge in [-0.25, -0.2) is 0 Å². The maximum atomic E-state index is 12.1. The lowest BCUT2D eigenvalue weighted by atomic mass is 9.81. The van der Waals surface area contributed by atoms with E-state index in [0.29, 0.717) is 12.5 Å². The summed E-state index contributed by atoms with van der Waals surface area (Å²) in [5.41, 5.74) is -0.267. The minimum atomic E-state index is -0.267. The molecule has 0 aromatic carbocycles. The minimum Gasteiger partial charge on any atom is -0.465 e. The van der Waals surface area contributed by atoms with Crippen LogP contribution in [-0.2, 0) is 14.3 Å². The molecule has 0 atom stereocenters. The van der Waals surface area contributed by atoms with Gasteiger partial charge in [-0.05, 0) is 51.6 Å². The molecule has 0 saturated carbocycles. The zero-order chi connectivity index (χ0) is 12.1. The molecule has 4 nitrogen and oxygen atoms in total. The van der Waals surface area contributed by atoms with E-state index in [4.69, 9.17) is 9.47 Å². The lowest BCUT2D eigenvalue weighted by Crippen LogP contribution is -2.41. The molecule has 98 valence electrons. The molecule has 0 bridgehead atoms. The van der Waals surface area contributed by atoms with Crippen molar-refractivity contribution < 1.29 is 14.3 Å². The minimum absolute atomic E-state index is 0.00880. The first kappa shape index (κ1) is 12.8. The summed E-state index contributed by atoms with van der Waals surface area (Å²) in [6.45, 7) is 6.06. The standard InChI is InChI=1S/C13H23NO3/c1-13(4-6-14-7-5-13)12(15)17-10-11-2-8-16-9-3-11/h11,14H,2-10H2,1H3. The molecule has 0 aromatic heterocycles. The highest BCUT2D eigenvalue weighted by molar-refractivity contribution is 5.76. The average molecular weight is 241 g/mol. The molecule has 2 saturated heterocycles. The van der Waals surface area contributed by atoms with Crippen LogP contribution in [0.3, 0.4) is 0 Å². The largest absolute Gasteiger partial charge is 0.465 e. The van der Waals surface area contributed by atoms with Crippen LogP contribution in [0.15, 0.2) is 0 Å². The highest BCUT2D eigenvalue weighted by Crippen LogP contribution is 2.30. The van der Waals surface area contributed by atoms with Crippen molar-refractivity contribution in [3.05, 3.63) is 0 Å². The van der Waals surface area contributed by atoms with E-state index in [-0.39, 0.29) is 11.4 Å². The van der Waals surface area contributed by atoms with E-state index >= 15 is 0 Å². The molecule has 0 unspecified atom stereocenters. The maximum Gasteiger partial charge on any atom is 0.311 e. The van der Waals surface area contributed by atoms with Gasteiger partial charge in [-0.15, -0.1) is 0 Å². The smallest absolute Gasteiger partial charge is 0.311 e. The summed E-state index contributed by atoms with van der Waals surface area (Å²) in [5, 5.41) is 3.28. The van der Waals surface area contributed by atoms with E-state index in [1.807, 2.05) is 6.92 Å². The molecular formula is C13H23NO3. The number of carbonyl (C=O) groups is 1. The fourth-order valence-electron chi connectivity index (χ4n) is 2.46. The van der Waals surface area contributed by atoms with Crippen molar-refractivity contribution in [2.45, 2.75) is 32.6 Å². The number of hydrogen-bond acceptors (Lipinski definition) is 4. The predicted molar refractivity (Wildman–Crippen MR) is 64.7 cm³/mol. The Kier molecular flexibility index (Phi) is 4.40. The lowest BCUT2D eigenvalue weighted by molar-refractivity contribution is -0.158. The number of carbonyl (C=O) groups excluding carboxylic acids is 1. The third-order valence-electron chi connectivity index (χ3n) is 3.99. The van der Waals surface area contributed by atoms with Crippen LogP contribution in [0.5, 0.6) is 0 Å². The fraction of sp³-hybridized carbons (Fsp3) is 0.923. The van der Waals surface area contributed by atoms with Crippen molar-refractivity contribution in [1.82, 2.24) is 5.32 Å². The van der Waals surface area contributed by atoms with Gasteiger partial charge in [0.15, 0.2) is 0 Å². The summed E-state index contributed by atoms with van der Waals surface area (Å²) in [6.07, 6.45) is 3.82. The van der Waals surface area contributed by atoms with E-state index in [1.165, 1.54) is 0 Å². The average Bonchev–Trinajstić information content (AvgIpc) is 2.38. The monoisotopic (exact) mass is 241 g/mol. The Morgan fingerprint density at radius 3 is 2.65 bits per heavy atom. The fourth-order valence-corrected chi connectivity index (χ4v) is 2.46. The van der Waals surface area contributed by atoms with Crippen LogP contribution in [0, 0.1) is 11.3 Å². The van der Waals surface area contributed by atoms with Crippen LogP contribution in [0.2, 0.25) is 0 Å². The predicted octanol–water partition coefficient (Wildman–Crippen LogP) is 1.35. The topological polar surface area (TPSA) is 47.6 Å². The Labute approximate surface area is 103 Å². The first-order valence-electron chi connectivity index (χ1n) is 6.66. The first-order chi connectivity index (χ1) is 8.21. The van der Waals surface area contributed by atoms with Crippen LogP contribution in [0.25, 0.3) is 0 Å². The highest BCUT2D eigenvalue weighted by atomic mass is 16.5. The van der Waals surface area contributed by atoms with E-state index in [0.717, 1.165) is 52.0 Å². The zero-order valence-corrected chi connectivity index (χ0v) is 10.7. The zero-order valence-electron chi connectivity index (χ0n) is 10.7. The molecule has 2 rings (SSSR count). The van der Waals surface area contributed by atoms with Gasteiger partial charge >= 0.3 is 5.97 Å². The lowest BCUT2D eigenvalue weighted by Gasteiger charge is -2.32. The number of rotatable bonds is 3. The highest BCUT2D eigenvalue weighted by Gasteiger charge is 2.36. The molecule has 0 radical (unpaired) electrons. The van der Waals surface area contributed by atoms with Crippen molar-refractivity contribution in [3.63, 3.8) is 0 Å². The van der Waals surface area contributed by atoms with E-state index in [1.54, 1.807) is 0 Å². The van der Waals surface area contributed by atoms with E-state index in [2.05, 4.69) is 5.32 Å². The summed E-state index contributed by atoms with van der Waals surface area (Å²) in [6, 6.07) is 0. The summed E-state index contributed by atoms with van der Waals surface area (Å²) in [4.78, 5) is 12.1. The summed E-state index contributed by atoms with van der Waals surface area (Å²) < 4.78 is 10.8. The number of piperidine rings is 1. The molecule has 1 N–H and O–H groups in total. The number of ether oxygens (including phenoxy) is 2. The van der Waals surface area contributed by atoms with Crippen LogP contribution < -0.4 is 5.32 Å². The second-order valence-electron chi connectivity index (χ2n) is 5.46. The third-order valence-corrected chi connectivity index (χ3v) is 3.99. The third kappa shape index (κ3) is 3.42. The van der Waals surface area contributed by atoms with Gasteiger partial charge in [0.1, 0.15) is 0 Å².